The second kappa shape index (κ2) is 9.58. The number of Topliss-reactive ketones (excluding diaryl/α,β-unsaturated/α-hetero) is 1. The third-order valence-electron chi connectivity index (χ3n) is 3.05. The second-order valence-electron chi connectivity index (χ2n) is 4.48. The summed E-state index contributed by atoms with van der Waals surface area (Å²) in [5.41, 5.74) is 0.158. The molecule has 0 atom stereocenters. The average molecular weight is 283 g/mol. The monoisotopic (exact) mass is 283 g/mol. The fourth-order valence-corrected chi connectivity index (χ4v) is 1.86. The Morgan fingerprint density at radius 1 is 1.10 bits per heavy atom. The summed E-state index contributed by atoms with van der Waals surface area (Å²) in [6.07, 6.45) is 0.286. The van der Waals surface area contributed by atoms with Crippen molar-refractivity contribution in [2.24, 2.45) is 0 Å². The van der Waals surface area contributed by atoms with E-state index in [9.17, 15) is 9.18 Å². The summed E-state index contributed by atoms with van der Waals surface area (Å²) in [5, 5.41) is 0. The third kappa shape index (κ3) is 5.77. The van der Waals surface area contributed by atoms with Gasteiger partial charge in [0.25, 0.3) is 0 Å². The molecule has 0 N–H and O–H groups in total. The number of ether oxygens (including phenoxy) is 2. The van der Waals surface area contributed by atoms with Crippen LogP contribution in [0.1, 0.15) is 16.8 Å². The van der Waals surface area contributed by atoms with E-state index in [1.807, 2.05) is 0 Å². The molecule has 0 aliphatic heterocycles. The van der Waals surface area contributed by atoms with Crippen LogP contribution in [0.5, 0.6) is 0 Å². The van der Waals surface area contributed by atoms with Crippen LogP contribution in [0.25, 0.3) is 0 Å². The molecule has 0 aromatic heterocycles. The Morgan fingerprint density at radius 3 is 2.25 bits per heavy atom. The molecule has 0 saturated heterocycles. The number of methoxy groups -OCH3 is 2. The lowest BCUT2D eigenvalue weighted by molar-refractivity contribution is 0.0908. The number of nitrogens with zero attached hydrogens (tertiary/aromatic N) is 1. The highest BCUT2D eigenvalue weighted by Crippen LogP contribution is 2.09. The van der Waals surface area contributed by atoms with Crippen LogP contribution in [0, 0.1) is 5.82 Å². The van der Waals surface area contributed by atoms with E-state index < -0.39 is 5.82 Å². The lowest BCUT2D eigenvalue weighted by Crippen LogP contribution is -2.32. The molecule has 0 bridgehead atoms. The molecule has 0 aliphatic carbocycles. The van der Waals surface area contributed by atoms with Crippen LogP contribution < -0.4 is 0 Å². The number of hydrogen-bond donors (Lipinski definition) is 0. The molecule has 1 rings (SSSR count). The number of benzene rings is 1. The minimum Gasteiger partial charge on any atom is -0.383 e. The standard InChI is InChI=1S/C15H22FNO3/c1-19-11-9-17(10-12-20-2)8-7-15(18)13-5-3-4-6-14(13)16/h3-6H,7-12H2,1-2H3. The van der Waals surface area contributed by atoms with Gasteiger partial charge in [-0.05, 0) is 12.1 Å². The molecule has 0 unspecified atom stereocenters. The number of carbonyl (C=O) groups excluding carboxylic acids is 1. The minimum absolute atomic E-state index is 0.158. The summed E-state index contributed by atoms with van der Waals surface area (Å²) >= 11 is 0. The summed E-state index contributed by atoms with van der Waals surface area (Å²) in [6, 6.07) is 6.08. The molecule has 0 radical (unpaired) electrons. The van der Waals surface area contributed by atoms with Crippen molar-refractivity contribution in [1.29, 1.82) is 0 Å². The second-order valence-corrected chi connectivity index (χ2v) is 4.48. The highest BCUT2D eigenvalue weighted by Gasteiger charge is 2.13. The summed E-state index contributed by atoms with van der Waals surface area (Å²) in [6.45, 7) is 3.21. The van der Waals surface area contributed by atoms with Crippen molar-refractivity contribution in [2.75, 3.05) is 47.1 Å². The number of carbonyl (C=O) groups is 1. The molecule has 20 heavy (non-hydrogen) atoms. The van der Waals surface area contributed by atoms with Crippen molar-refractivity contribution in [3.63, 3.8) is 0 Å². The van der Waals surface area contributed by atoms with Crippen molar-refractivity contribution >= 4 is 5.78 Å². The largest absolute Gasteiger partial charge is 0.383 e. The Bertz CT molecular complexity index is 404. The molecule has 0 spiro atoms. The normalized spacial score (nSPS) is 11.0. The lowest BCUT2D eigenvalue weighted by atomic mass is 10.1. The van der Waals surface area contributed by atoms with E-state index in [1.165, 1.54) is 12.1 Å². The zero-order chi connectivity index (χ0) is 14.8. The van der Waals surface area contributed by atoms with Crippen molar-refractivity contribution in [3.8, 4) is 0 Å². The average Bonchev–Trinajstić information content (AvgIpc) is 2.46. The maximum absolute atomic E-state index is 13.5. The molecule has 1 aromatic rings. The Morgan fingerprint density at radius 2 is 1.70 bits per heavy atom. The number of halogens is 1. The number of ketones is 1. The molecule has 5 heteroatoms. The molecule has 0 saturated carbocycles. The first-order valence-corrected chi connectivity index (χ1v) is 6.67. The van der Waals surface area contributed by atoms with E-state index in [0.717, 1.165) is 13.1 Å². The molecule has 112 valence electrons. The minimum atomic E-state index is -0.460. The van der Waals surface area contributed by atoms with Crippen molar-refractivity contribution in [3.05, 3.63) is 35.6 Å². The fourth-order valence-electron chi connectivity index (χ4n) is 1.86. The van der Waals surface area contributed by atoms with Gasteiger partial charge in [-0.1, -0.05) is 12.1 Å². The molecule has 0 amide bonds. The predicted octanol–water partition coefficient (Wildman–Crippen LogP) is 1.99. The molecular weight excluding hydrogens is 261 g/mol. The first-order chi connectivity index (χ1) is 9.69. The van der Waals surface area contributed by atoms with E-state index in [0.29, 0.717) is 19.8 Å². The molecule has 0 heterocycles. The topological polar surface area (TPSA) is 38.8 Å². The summed E-state index contributed by atoms with van der Waals surface area (Å²) < 4.78 is 23.6. The van der Waals surface area contributed by atoms with Gasteiger partial charge in [-0.25, -0.2) is 4.39 Å². The zero-order valence-electron chi connectivity index (χ0n) is 12.1. The van der Waals surface area contributed by atoms with Gasteiger partial charge < -0.3 is 9.47 Å². The van der Waals surface area contributed by atoms with Gasteiger partial charge in [0, 0.05) is 40.3 Å². The van der Waals surface area contributed by atoms with Gasteiger partial charge in [0.1, 0.15) is 5.82 Å². The number of rotatable bonds is 10. The fraction of sp³-hybridized carbons (Fsp3) is 0.533. The molecule has 1 aromatic carbocycles. The van der Waals surface area contributed by atoms with Gasteiger partial charge in [0.15, 0.2) is 5.78 Å². The van der Waals surface area contributed by atoms with Crippen LogP contribution in [0.3, 0.4) is 0 Å². The number of hydrogen-bond acceptors (Lipinski definition) is 4. The molecule has 0 aliphatic rings. The van der Waals surface area contributed by atoms with Gasteiger partial charge in [-0.2, -0.15) is 0 Å². The third-order valence-corrected chi connectivity index (χ3v) is 3.05. The Hall–Kier alpha value is -1.30. The summed E-state index contributed by atoms with van der Waals surface area (Å²) in [4.78, 5) is 14.1. The van der Waals surface area contributed by atoms with Crippen LogP contribution in [-0.2, 0) is 9.47 Å². The Labute approximate surface area is 119 Å². The van der Waals surface area contributed by atoms with E-state index in [1.54, 1.807) is 26.4 Å². The van der Waals surface area contributed by atoms with Gasteiger partial charge >= 0.3 is 0 Å². The summed E-state index contributed by atoms with van der Waals surface area (Å²) in [5.74, 6) is -0.638. The highest BCUT2D eigenvalue weighted by molar-refractivity contribution is 5.96. The van der Waals surface area contributed by atoms with Crippen LogP contribution in [0.4, 0.5) is 4.39 Å². The summed E-state index contributed by atoms with van der Waals surface area (Å²) in [7, 11) is 3.28. The van der Waals surface area contributed by atoms with E-state index in [2.05, 4.69) is 4.90 Å². The molecule has 0 fully saturated rings. The Kier molecular flexibility index (Phi) is 8.02. The van der Waals surface area contributed by atoms with E-state index >= 15 is 0 Å². The van der Waals surface area contributed by atoms with E-state index in [-0.39, 0.29) is 17.8 Å². The van der Waals surface area contributed by atoms with Gasteiger partial charge in [0.05, 0.1) is 18.8 Å². The van der Waals surface area contributed by atoms with E-state index in [4.69, 9.17) is 9.47 Å². The van der Waals surface area contributed by atoms with Gasteiger partial charge in [-0.15, -0.1) is 0 Å². The van der Waals surface area contributed by atoms with Crippen LogP contribution in [0.2, 0.25) is 0 Å². The van der Waals surface area contributed by atoms with Crippen LogP contribution in [0.15, 0.2) is 24.3 Å². The first kappa shape index (κ1) is 16.8. The van der Waals surface area contributed by atoms with Crippen molar-refractivity contribution in [1.82, 2.24) is 4.90 Å². The molecular formula is C15H22FNO3. The van der Waals surface area contributed by atoms with Crippen LogP contribution >= 0.6 is 0 Å². The quantitative estimate of drug-likeness (QED) is 0.616. The lowest BCUT2D eigenvalue weighted by Gasteiger charge is -2.21. The SMILES string of the molecule is COCCN(CCOC)CCC(=O)c1ccccc1F. The smallest absolute Gasteiger partial charge is 0.167 e. The molecule has 4 nitrogen and oxygen atoms in total. The van der Waals surface area contributed by atoms with Gasteiger partial charge in [-0.3, -0.25) is 9.69 Å². The highest BCUT2D eigenvalue weighted by atomic mass is 19.1. The van der Waals surface area contributed by atoms with Crippen molar-refractivity contribution in [2.45, 2.75) is 6.42 Å². The first-order valence-electron chi connectivity index (χ1n) is 6.67. The maximum Gasteiger partial charge on any atom is 0.167 e. The predicted molar refractivity (Wildman–Crippen MR) is 75.5 cm³/mol. The Balaban J connectivity index is 2.49. The zero-order valence-corrected chi connectivity index (χ0v) is 12.1. The maximum atomic E-state index is 13.5. The van der Waals surface area contributed by atoms with Crippen molar-refractivity contribution < 1.29 is 18.7 Å². The van der Waals surface area contributed by atoms with Gasteiger partial charge in [0.2, 0.25) is 0 Å². The van der Waals surface area contributed by atoms with Crippen LogP contribution in [-0.4, -0.2) is 57.8 Å².